The summed E-state index contributed by atoms with van der Waals surface area (Å²) in [6, 6.07) is 6.47. The molecule has 0 saturated carbocycles. The van der Waals surface area contributed by atoms with E-state index in [1.54, 1.807) is 24.3 Å². The van der Waals surface area contributed by atoms with Crippen LogP contribution in [0.3, 0.4) is 0 Å². The van der Waals surface area contributed by atoms with Gasteiger partial charge in [0.2, 0.25) is 0 Å². The monoisotopic (exact) mass is 232 g/mol. The molecule has 1 aromatic carbocycles. The Bertz CT molecular complexity index is 540. The Morgan fingerprint density at radius 1 is 1.38 bits per heavy atom. The number of hydrogen-bond acceptors (Lipinski definition) is 4. The van der Waals surface area contributed by atoms with E-state index in [0.717, 1.165) is 5.56 Å². The van der Waals surface area contributed by atoms with E-state index in [4.69, 9.17) is 11.1 Å². The minimum atomic E-state index is 0.178. The minimum Gasteiger partial charge on any atom is -0.508 e. The Labute approximate surface area is 96.7 Å². The molecule has 0 aliphatic rings. The molecule has 5 heteroatoms. The second kappa shape index (κ2) is 4.29. The maximum absolute atomic E-state index is 9.17. The molecule has 1 heterocycles. The normalized spacial score (nSPS) is 10.0. The molecule has 0 saturated heterocycles. The molecule has 0 atom stereocenters. The van der Waals surface area contributed by atoms with Crippen LogP contribution in [0, 0.1) is 6.57 Å². The molecule has 0 fully saturated rings. The van der Waals surface area contributed by atoms with Gasteiger partial charge in [-0.05, 0) is 30.5 Å². The van der Waals surface area contributed by atoms with Gasteiger partial charge in [-0.15, -0.1) is 11.8 Å². The van der Waals surface area contributed by atoms with E-state index >= 15 is 0 Å². The molecule has 0 aliphatic heterocycles. The van der Waals surface area contributed by atoms with Crippen LogP contribution in [0.5, 0.6) is 5.75 Å². The van der Waals surface area contributed by atoms with E-state index in [2.05, 4.69) is 10.0 Å². The summed E-state index contributed by atoms with van der Waals surface area (Å²) < 4.78 is 5.14. The number of nitrogens with zero attached hydrogens (tertiary/aromatic N) is 2. The molecule has 0 aliphatic carbocycles. The van der Waals surface area contributed by atoms with E-state index < -0.39 is 0 Å². The molecule has 80 valence electrons. The number of hydrogen-bond donors (Lipinski definition) is 1. The molecular weight excluding hydrogens is 224 g/mol. The lowest BCUT2D eigenvalue weighted by Gasteiger charge is -1.96. The van der Waals surface area contributed by atoms with Crippen molar-refractivity contribution in [1.82, 2.24) is 5.16 Å². The van der Waals surface area contributed by atoms with Crippen LogP contribution in [-0.2, 0) is 0 Å². The first-order chi connectivity index (χ1) is 7.76. The summed E-state index contributed by atoms with van der Waals surface area (Å²) in [7, 11) is 0. The van der Waals surface area contributed by atoms with E-state index in [-0.39, 0.29) is 5.75 Å². The van der Waals surface area contributed by atoms with E-state index in [9.17, 15) is 5.11 Å². The zero-order valence-corrected chi connectivity index (χ0v) is 9.28. The molecule has 1 aromatic heterocycles. The third-order valence-corrected chi connectivity index (χ3v) is 2.73. The van der Waals surface area contributed by atoms with Gasteiger partial charge < -0.3 is 9.63 Å². The Balaban J connectivity index is 2.52. The van der Waals surface area contributed by atoms with Crippen molar-refractivity contribution in [3.8, 4) is 17.1 Å². The fourth-order valence-corrected chi connectivity index (χ4v) is 1.75. The molecule has 0 unspecified atom stereocenters. The molecule has 0 amide bonds. The van der Waals surface area contributed by atoms with Gasteiger partial charge in [-0.2, -0.15) is 0 Å². The van der Waals surface area contributed by atoms with Crippen molar-refractivity contribution >= 4 is 17.4 Å². The van der Waals surface area contributed by atoms with Gasteiger partial charge in [-0.25, -0.2) is 4.85 Å². The zero-order chi connectivity index (χ0) is 11.5. The lowest BCUT2D eigenvalue weighted by atomic mass is 10.1. The number of phenolic OH excluding ortho intramolecular Hbond substituents is 1. The zero-order valence-electron chi connectivity index (χ0n) is 8.47. The third kappa shape index (κ3) is 1.75. The van der Waals surface area contributed by atoms with Crippen molar-refractivity contribution in [3.05, 3.63) is 35.7 Å². The van der Waals surface area contributed by atoms with Crippen LogP contribution in [0.4, 0.5) is 5.69 Å². The second-order valence-corrected chi connectivity index (χ2v) is 3.82. The summed E-state index contributed by atoms with van der Waals surface area (Å²) in [4.78, 5) is 3.41. The SMILES string of the molecule is [C-]#[N+]c1c(SC)noc1-c1ccc(O)cc1. The maximum Gasteiger partial charge on any atom is 0.266 e. The number of benzene rings is 1. The highest BCUT2D eigenvalue weighted by atomic mass is 32.2. The highest BCUT2D eigenvalue weighted by Gasteiger charge is 2.17. The summed E-state index contributed by atoms with van der Waals surface area (Å²) in [5.74, 6) is 0.622. The minimum absolute atomic E-state index is 0.178. The Hall–Kier alpha value is -1.93. The standard InChI is InChI=1S/C11H8N2O2S/c1-12-9-10(15-13-11(9)16-2)7-3-5-8(14)6-4-7/h3-6,14H,2H3. The molecule has 4 nitrogen and oxygen atoms in total. The van der Waals surface area contributed by atoms with Gasteiger partial charge in [0.25, 0.3) is 5.69 Å². The lowest BCUT2D eigenvalue weighted by molar-refractivity contribution is 0.415. The Morgan fingerprint density at radius 2 is 2.06 bits per heavy atom. The quantitative estimate of drug-likeness (QED) is 0.637. The van der Waals surface area contributed by atoms with Crippen LogP contribution in [-0.4, -0.2) is 16.5 Å². The molecule has 0 radical (unpaired) electrons. The van der Waals surface area contributed by atoms with Crippen molar-refractivity contribution in [2.45, 2.75) is 5.03 Å². The third-order valence-electron chi connectivity index (χ3n) is 2.07. The molecule has 16 heavy (non-hydrogen) atoms. The first-order valence-electron chi connectivity index (χ1n) is 4.46. The first-order valence-corrected chi connectivity index (χ1v) is 5.69. The Morgan fingerprint density at radius 3 is 2.62 bits per heavy atom. The van der Waals surface area contributed by atoms with Crippen LogP contribution in [0.1, 0.15) is 0 Å². The van der Waals surface area contributed by atoms with E-state index in [1.807, 2.05) is 6.26 Å². The van der Waals surface area contributed by atoms with Gasteiger partial charge in [0.1, 0.15) is 10.8 Å². The van der Waals surface area contributed by atoms with Crippen molar-refractivity contribution in [2.24, 2.45) is 0 Å². The molecular formula is C11H8N2O2S. The number of thioether (sulfide) groups is 1. The highest BCUT2D eigenvalue weighted by Crippen LogP contribution is 2.38. The molecule has 1 N–H and O–H groups in total. The van der Waals surface area contributed by atoms with Crippen molar-refractivity contribution < 1.29 is 9.63 Å². The van der Waals surface area contributed by atoms with Gasteiger partial charge in [0, 0.05) is 5.56 Å². The smallest absolute Gasteiger partial charge is 0.266 e. The number of aromatic nitrogens is 1. The molecule has 0 spiro atoms. The van der Waals surface area contributed by atoms with Crippen LogP contribution >= 0.6 is 11.8 Å². The van der Waals surface area contributed by atoms with Gasteiger partial charge in [0.05, 0.1) is 6.57 Å². The van der Waals surface area contributed by atoms with Crippen molar-refractivity contribution in [3.63, 3.8) is 0 Å². The van der Waals surface area contributed by atoms with Crippen molar-refractivity contribution in [2.75, 3.05) is 6.26 Å². The average molecular weight is 232 g/mol. The molecule has 2 aromatic rings. The van der Waals surface area contributed by atoms with E-state index in [0.29, 0.717) is 16.5 Å². The second-order valence-electron chi connectivity index (χ2n) is 3.03. The van der Waals surface area contributed by atoms with Crippen molar-refractivity contribution in [1.29, 1.82) is 0 Å². The van der Waals surface area contributed by atoms with Crippen LogP contribution in [0.25, 0.3) is 16.2 Å². The molecule has 2 rings (SSSR count). The number of aromatic hydroxyl groups is 1. The van der Waals surface area contributed by atoms with Crippen LogP contribution in [0.15, 0.2) is 33.8 Å². The number of rotatable bonds is 2. The summed E-state index contributed by atoms with van der Waals surface area (Å²) in [5, 5.41) is 13.6. The number of phenols is 1. The Kier molecular flexibility index (Phi) is 2.84. The summed E-state index contributed by atoms with van der Waals surface area (Å²) in [6.45, 7) is 7.10. The largest absolute Gasteiger partial charge is 0.508 e. The first kappa shape index (κ1) is 10.6. The predicted octanol–water partition coefficient (Wildman–Crippen LogP) is 3.32. The van der Waals surface area contributed by atoms with Crippen LogP contribution in [0.2, 0.25) is 0 Å². The highest BCUT2D eigenvalue weighted by molar-refractivity contribution is 7.98. The van der Waals surface area contributed by atoms with Gasteiger partial charge in [-0.3, -0.25) is 0 Å². The van der Waals surface area contributed by atoms with Gasteiger partial charge >= 0.3 is 0 Å². The summed E-state index contributed by atoms with van der Waals surface area (Å²) in [6.07, 6.45) is 1.84. The van der Waals surface area contributed by atoms with Gasteiger partial charge in [0.15, 0.2) is 5.76 Å². The average Bonchev–Trinajstić information content (AvgIpc) is 2.72. The maximum atomic E-state index is 9.17. The van der Waals surface area contributed by atoms with Gasteiger partial charge in [-0.1, -0.05) is 5.16 Å². The topological polar surface area (TPSA) is 50.6 Å². The van der Waals surface area contributed by atoms with E-state index in [1.165, 1.54) is 11.8 Å². The van der Waals surface area contributed by atoms with Crippen LogP contribution < -0.4 is 0 Å². The lowest BCUT2D eigenvalue weighted by Crippen LogP contribution is -1.73. The fraction of sp³-hybridized carbons (Fsp3) is 0.0909. The molecule has 0 bridgehead atoms. The summed E-state index contributed by atoms with van der Waals surface area (Å²) in [5.41, 5.74) is 1.15. The fourth-order valence-electron chi connectivity index (χ4n) is 1.31. The predicted molar refractivity (Wildman–Crippen MR) is 61.6 cm³/mol. The summed E-state index contributed by atoms with van der Waals surface area (Å²) >= 11 is 1.37.